The first-order chi connectivity index (χ1) is 14.1. The smallest absolute Gasteiger partial charge is 0.268 e. The molecular formula is C24H31N3O2. The van der Waals surface area contributed by atoms with Crippen molar-refractivity contribution in [3.63, 3.8) is 0 Å². The third-order valence-corrected chi connectivity index (χ3v) is 6.33. The third-order valence-electron chi connectivity index (χ3n) is 6.33. The van der Waals surface area contributed by atoms with E-state index in [1.807, 2.05) is 36.4 Å². The minimum absolute atomic E-state index is 0.0324. The molecule has 1 aliphatic heterocycles. The molecule has 1 aromatic carbocycles. The maximum absolute atomic E-state index is 13.2. The number of hydrogen-bond acceptors (Lipinski definition) is 2. The maximum atomic E-state index is 13.2. The number of benzene rings is 1. The number of hydrogen-bond donors (Lipinski definition) is 2. The summed E-state index contributed by atoms with van der Waals surface area (Å²) in [6.07, 6.45) is 6.15. The van der Waals surface area contributed by atoms with Crippen LogP contribution in [0.25, 0.3) is 0 Å². The predicted molar refractivity (Wildman–Crippen MR) is 114 cm³/mol. The molecule has 2 amide bonds. The molecule has 0 unspecified atom stereocenters. The zero-order valence-electron chi connectivity index (χ0n) is 17.4. The largest absolute Gasteiger partial charge is 0.348 e. The van der Waals surface area contributed by atoms with E-state index in [2.05, 4.69) is 29.0 Å². The predicted octanol–water partition coefficient (Wildman–Crippen LogP) is 4.23. The van der Waals surface area contributed by atoms with Gasteiger partial charge in [0.1, 0.15) is 5.69 Å². The SMILES string of the molecule is CC[C@H](NC(=O)c1cc(C(=O)N[C@H](C)C2CC2)n2c1CCCC2)c1ccccc1. The van der Waals surface area contributed by atoms with Crippen LogP contribution in [0.1, 0.15) is 84.1 Å². The van der Waals surface area contributed by atoms with Crippen molar-refractivity contribution in [2.45, 2.75) is 71.0 Å². The van der Waals surface area contributed by atoms with Crippen LogP contribution in [0.3, 0.4) is 0 Å². The fourth-order valence-corrected chi connectivity index (χ4v) is 4.40. The number of nitrogens with one attached hydrogen (secondary N) is 2. The number of carbonyl (C=O) groups excluding carboxylic acids is 2. The van der Waals surface area contributed by atoms with Crippen molar-refractivity contribution in [3.05, 3.63) is 58.9 Å². The Kier molecular flexibility index (Phi) is 5.74. The molecule has 2 aliphatic rings. The second kappa shape index (κ2) is 8.44. The minimum Gasteiger partial charge on any atom is -0.348 e. The lowest BCUT2D eigenvalue weighted by atomic mass is 10.0. The zero-order chi connectivity index (χ0) is 20.4. The molecule has 2 N–H and O–H groups in total. The molecule has 1 aliphatic carbocycles. The Balaban J connectivity index is 1.57. The Labute approximate surface area is 172 Å². The molecule has 0 spiro atoms. The van der Waals surface area contributed by atoms with Crippen LogP contribution in [0, 0.1) is 5.92 Å². The fraction of sp³-hybridized carbons (Fsp3) is 0.500. The molecule has 2 aromatic rings. The lowest BCUT2D eigenvalue weighted by molar-refractivity contribution is 0.0922. The number of fused-ring (bicyclic) bond motifs is 1. The van der Waals surface area contributed by atoms with Gasteiger partial charge in [0, 0.05) is 18.3 Å². The van der Waals surface area contributed by atoms with Crippen molar-refractivity contribution < 1.29 is 9.59 Å². The number of aromatic nitrogens is 1. The van der Waals surface area contributed by atoms with Crippen molar-refractivity contribution in [1.82, 2.24) is 15.2 Å². The highest BCUT2D eigenvalue weighted by Gasteiger charge is 2.31. The molecule has 0 bridgehead atoms. The molecule has 4 rings (SSSR count). The third kappa shape index (κ3) is 4.24. The van der Waals surface area contributed by atoms with Crippen molar-refractivity contribution in [2.24, 2.45) is 5.92 Å². The average molecular weight is 394 g/mol. The van der Waals surface area contributed by atoms with Gasteiger partial charge in [0.25, 0.3) is 11.8 Å². The van der Waals surface area contributed by atoms with Crippen molar-refractivity contribution >= 4 is 11.8 Å². The van der Waals surface area contributed by atoms with Gasteiger partial charge >= 0.3 is 0 Å². The molecule has 0 radical (unpaired) electrons. The number of amides is 2. The Bertz CT molecular complexity index is 883. The van der Waals surface area contributed by atoms with Gasteiger partial charge in [0.05, 0.1) is 11.6 Å². The molecule has 29 heavy (non-hydrogen) atoms. The van der Waals surface area contributed by atoms with Crippen LogP contribution in [0.15, 0.2) is 36.4 Å². The summed E-state index contributed by atoms with van der Waals surface area (Å²) in [6.45, 7) is 4.96. The van der Waals surface area contributed by atoms with Crippen molar-refractivity contribution in [2.75, 3.05) is 0 Å². The van der Waals surface area contributed by atoms with E-state index in [-0.39, 0.29) is 23.9 Å². The summed E-state index contributed by atoms with van der Waals surface area (Å²) < 4.78 is 2.07. The summed E-state index contributed by atoms with van der Waals surface area (Å²) in [5, 5.41) is 6.33. The summed E-state index contributed by atoms with van der Waals surface area (Å²) in [5.74, 6) is 0.469. The van der Waals surface area contributed by atoms with Crippen LogP contribution >= 0.6 is 0 Å². The minimum atomic E-state index is -0.0827. The van der Waals surface area contributed by atoms with Gasteiger partial charge in [-0.25, -0.2) is 0 Å². The van der Waals surface area contributed by atoms with Crippen LogP contribution in [-0.2, 0) is 13.0 Å². The van der Waals surface area contributed by atoms with Crippen LogP contribution in [0.2, 0.25) is 0 Å². The second-order valence-electron chi connectivity index (χ2n) is 8.44. The van der Waals surface area contributed by atoms with Gasteiger partial charge in [0.15, 0.2) is 0 Å². The van der Waals surface area contributed by atoms with Gasteiger partial charge in [0.2, 0.25) is 0 Å². The molecule has 0 saturated heterocycles. The Morgan fingerprint density at radius 3 is 2.55 bits per heavy atom. The van der Waals surface area contributed by atoms with Gasteiger partial charge in [-0.05, 0) is 63.0 Å². The van der Waals surface area contributed by atoms with Gasteiger partial charge in [-0.3, -0.25) is 9.59 Å². The first kappa shape index (κ1) is 19.7. The highest BCUT2D eigenvalue weighted by molar-refractivity contribution is 6.01. The van der Waals surface area contributed by atoms with Gasteiger partial charge in [-0.1, -0.05) is 37.3 Å². The summed E-state index contributed by atoms with van der Waals surface area (Å²) >= 11 is 0. The zero-order valence-corrected chi connectivity index (χ0v) is 17.4. The molecule has 2 atom stereocenters. The molecule has 1 fully saturated rings. The van der Waals surface area contributed by atoms with Crippen molar-refractivity contribution in [3.8, 4) is 0 Å². The summed E-state index contributed by atoms with van der Waals surface area (Å²) in [6, 6.07) is 12.0. The molecule has 1 saturated carbocycles. The van der Waals surface area contributed by atoms with Crippen LogP contribution in [-0.4, -0.2) is 22.4 Å². The first-order valence-corrected chi connectivity index (χ1v) is 11.0. The molecule has 2 heterocycles. The van der Waals surface area contributed by atoms with E-state index >= 15 is 0 Å². The second-order valence-corrected chi connectivity index (χ2v) is 8.44. The fourth-order valence-electron chi connectivity index (χ4n) is 4.40. The summed E-state index contributed by atoms with van der Waals surface area (Å²) in [5.41, 5.74) is 3.39. The highest BCUT2D eigenvalue weighted by Crippen LogP contribution is 2.32. The summed E-state index contributed by atoms with van der Waals surface area (Å²) in [4.78, 5) is 26.1. The van der Waals surface area contributed by atoms with Crippen LogP contribution < -0.4 is 10.6 Å². The Hall–Kier alpha value is -2.56. The lowest BCUT2D eigenvalue weighted by Crippen LogP contribution is -2.35. The first-order valence-electron chi connectivity index (χ1n) is 11.0. The molecule has 5 heteroatoms. The van der Waals surface area contributed by atoms with Gasteiger partial charge in [-0.2, -0.15) is 0 Å². The molecule has 1 aromatic heterocycles. The van der Waals surface area contributed by atoms with Gasteiger partial charge < -0.3 is 15.2 Å². The lowest BCUT2D eigenvalue weighted by Gasteiger charge is -2.21. The molecule has 154 valence electrons. The Morgan fingerprint density at radius 1 is 1.10 bits per heavy atom. The monoisotopic (exact) mass is 393 g/mol. The van der Waals surface area contributed by atoms with E-state index in [1.165, 1.54) is 12.8 Å². The molecular weight excluding hydrogens is 362 g/mol. The molecule has 5 nitrogen and oxygen atoms in total. The average Bonchev–Trinajstić information content (AvgIpc) is 3.53. The topological polar surface area (TPSA) is 63.1 Å². The Morgan fingerprint density at radius 2 is 1.86 bits per heavy atom. The quantitative estimate of drug-likeness (QED) is 0.739. The van der Waals surface area contributed by atoms with E-state index < -0.39 is 0 Å². The van der Waals surface area contributed by atoms with Gasteiger partial charge in [-0.15, -0.1) is 0 Å². The number of nitrogens with zero attached hydrogens (tertiary/aromatic N) is 1. The van der Waals surface area contributed by atoms with Crippen LogP contribution in [0.4, 0.5) is 0 Å². The maximum Gasteiger partial charge on any atom is 0.268 e. The van der Waals surface area contributed by atoms with E-state index in [9.17, 15) is 9.59 Å². The van der Waals surface area contributed by atoms with E-state index in [4.69, 9.17) is 0 Å². The number of rotatable bonds is 7. The standard InChI is InChI=1S/C24H31N3O2/c1-3-20(18-9-5-4-6-10-18)26-23(28)19-15-22(27-14-8-7-11-21(19)27)24(29)25-16(2)17-12-13-17/h4-6,9-10,15-17,20H,3,7-8,11-14H2,1-2H3,(H,25,29)(H,26,28)/t16-,20+/m1/s1. The van der Waals surface area contributed by atoms with E-state index in [0.717, 1.165) is 43.5 Å². The van der Waals surface area contributed by atoms with Crippen molar-refractivity contribution in [1.29, 1.82) is 0 Å². The number of carbonyl (C=O) groups is 2. The van der Waals surface area contributed by atoms with Crippen LogP contribution in [0.5, 0.6) is 0 Å². The van der Waals surface area contributed by atoms with E-state index in [1.54, 1.807) is 0 Å². The van der Waals surface area contributed by atoms with E-state index in [0.29, 0.717) is 17.2 Å². The normalized spacial score (nSPS) is 17.9. The summed E-state index contributed by atoms with van der Waals surface area (Å²) in [7, 11) is 0. The highest BCUT2D eigenvalue weighted by atomic mass is 16.2.